The van der Waals surface area contributed by atoms with E-state index in [1.54, 1.807) is 31.0 Å². The minimum atomic E-state index is -3.66. The van der Waals surface area contributed by atoms with Gasteiger partial charge in [0, 0.05) is 35.9 Å². The molecular weight excluding hydrogens is 444 g/mol. The number of rotatable bonds is 4. The summed E-state index contributed by atoms with van der Waals surface area (Å²) in [4.78, 5) is 14.8. The van der Waals surface area contributed by atoms with Gasteiger partial charge in [-0.25, -0.2) is 8.42 Å². The Morgan fingerprint density at radius 2 is 1.75 bits per heavy atom. The topological polar surface area (TPSA) is 66.9 Å². The van der Waals surface area contributed by atoms with E-state index in [9.17, 15) is 13.2 Å². The fourth-order valence-electron chi connectivity index (χ4n) is 3.21. The van der Waals surface area contributed by atoms with E-state index in [0.29, 0.717) is 31.9 Å². The number of ether oxygens (including phenoxy) is 1. The van der Waals surface area contributed by atoms with Crippen LogP contribution in [0.3, 0.4) is 0 Å². The van der Waals surface area contributed by atoms with Crippen molar-refractivity contribution in [3.8, 4) is 0 Å². The van der Waals surface area contributed by atoms with E-state index in [2.05, 4.69) is 15.9 Å². The van der Waals surface area contributed by atoms with E-state index in [1.165, 1.54) is 10.4 Å². The second kappa shape index (κ2) is 8.32. The van der Waals surface area contributed by atoms with Gasteiger partial charge in [-0.3, -0.25) is 4.79 Å². The van der Waals surface area contributed by atoms with Crippen LogP contribution in [0.25, 0.3) is 0 Å². The zero-order valence-electron chi connectivity index (χ0n) is 16.1. The molecule has 0 radical (unpaired) electrons. The molecule has 2 aromatic rings. The van der Waals surface area contributed by atoms with Crippen LogP contribution in [0.15, 0.2) is 45.8 Å². The average molecular weight is 467 g/mol. The van der Waals surface area contributed by atoms with Crippen LogP contribution < -0.4 is 4.90 Å². The monoisotopic (exact) mass is 466 g/mol. The van der Waals surface area contributed by atoms with E-state index < -0.39 is 10.0 Å². The molecule has 3 rings (SSSR count). The van der Waals surface area contributed by atoms with Gasteiger partial charge in [0.25, 0.3) is 5.91 Å². The quantitative estimate of drug-likeness (QED) is 0.692. The summed E-state index contributed by atoms with van der Waals surface area (Å²) >= 11 is 3.42. The Labute approximate surface area is 174 Å². The van der Waals surface area contributed by atoms with Gasteiger partial charge in [0.2, 0.25) is 10.0 Å². The Hall–Kier alpha value is -1.74. The number of halogens is 1. The molecular formula is C20H23BrN2O4S. The predicted octanol–water partition coefficient (Wildman–Crippen LogP) is 3.36. The number of hydrogen-bond acceptors (Lipinski definition) is 4. The third kappa shape index (κ3) is 4.15. The van der Waals surface area contributed by atoms with E-state index in [4.69, 9.17) is 4.74 Å². The lowest BCUT2D eigenvalue weighted by atomic mass is 10.1. The zero-order chi connectivity index (χ0) is 20.5. The van der Waals surface area contributed by atoms with Crippen LogP contribution in [0, 0.1) is 13.8 Å². The van der Waals surface area contributed by atoms with Crippen LogP contribution in [0.5, 0.6) is 0 Å². The fraction of sp³-hybridized carbons (Fsp3) is 0.350. The Bertz CT molecular complexity index is 1000. The van der Waals surface area contributed by atoms with Crippen LogP contribution in [-0.2, 0) is 14.8 Å². The van der Waals surface area contributed by atoms with Crippen molar-refractivity contribution in [2.24, 2.45) is 0 Å². The number of sulfonamides is 1. The van der Waals surface area contributed by atoms with E-state index in [0.717, 1.165) is 21.3 Å². The molecule has 0 atom stereocenters. The summed E-state index contributed by atoms with van der Waals surface area (Å²) in [6.45, 7) is 5.12. The van der Waals surface area contributed by atoms with Crippen molar-refractivity contribution in [2.75, 3.05) is 38.3 Å². The summed E-state index contributed by atoms with van der Waals surface area (Å²) in [6, 6.07) is 10.4. The zero-order valence-corrected chi connectivity index (χ0v) is 18.5. The van der Waals surface area contributed by atoms with Crippen molar-refractivity contribution >= 4 is 37.5 Å². The fourth-order valence-corrected chi connectivity index (χ4v) is 5.12. The average Bonchev–Trinajstić information content (AvgIpc) is 2.68. The normalized spacial score (nSPS) is 15.4. The molecule has 0 unspecified atom stereocenters. The summed E-state index contributed by atoms with van der Waals surface area (Å²) in [7, 11) is -1.97. The highest BCUT2D eigenvalue weighted by Crippen LogP contribution is 2.26. The SMILES string of the molecule is Cc1ccc(S(=O)(=O)N2CCOCC2)cc1C(=O)N(C)c1ccc(Br)cc1C. The van der Waals surface area contributed by atoms with Gasteiger partial charge in [-0.15, -0.1) is 0 Å². The number of carbonyl (C=O) groups excluding carboxylic acids is 1. The van der Waals surface area contributed by atoms with Crippen LogP contribution in [0.2, 0.25) is 0 Å². The Balaban J connectivity index is 1.95. The first kappa shape index (κ1) is 21.0. The predicted molar refractivity (Wildman–Crippen MR) is 112 cm³/mol. The summed E-state index contributed by atoms with van der Waals surface area (Å²) in [5, 5.41) is 0. The van der Waals surface area contributed by atoms with E-state index in [-0.39, 0.29) is 10.8 Å². The first-order chi connectivity index (χ1) is 13.2. The first-order valence-electron chi connectivity index (χ1n) is 8.94. The molecule has 0 N–H and O–H groups in total. The third-order valence-electron chi connectivity index (χ3n) is 4.87. The maximum atomic E-state index is 13.1. The molecule has 1 saturated heterocycles. The number of amides is 1. The standard InChI is InChI=1S/C20H23BrN2O4S/c1-14-4-6-17(28(25,26)23-8-10-27-11-9-23)13-18(14)20(24)22(3)19-7-5-16(21)12-15(19)2/h4-7,12-13H,8-11H2,1-3H3. The number of nitrogens with zero attached hydrogens (tertiary/aromatic N) is 2. The van der Waals surface area contributed by atoms with Gasteiger partial charge in [0.15, 0.2) is 0 Å². The maximum Gasteiger partial charge on any atom is 0.258 e. The number of anilines is 1. The van der Waals surface area contributed by atoms with Gasteiger partial charge in [-0.05, 0) is 55.3 Å². The molecule has 6 nitrogen and oxygen atoms in total. The smallest absolute Gasteiger partial charge is 0.258 e. The molecule has 0 aromatic heterocycles. The summed E-state index contributed by atoms with van der Waals surface area (Å²) < 4.78 is 33.5. The minimum absolute atomic E-state index is 0.129. The van der Waals surface area contributed by atoms with Gasteiger partial charge in [-0.1, -0.05) is 22.0 Å². The van der Waals surface area contributed by atoms with Crippen molar-refractivity contribution in [3.63, 3.8) is 0 Å². The molecule has 8 heteroatoms. The molecule has 1 fully saturated rings. The molecule has 2 aromatic carbocycles. The minimum Gasteiger partial charge on any atom is -0.379 e. The highest BCUT2D eigenvalue weighted by atomic mass is 79.9. The van der Waals surface area contributed by atoms with Crippen LogP contribution in [0.4, 0.5) is 5.69 Å². The second-order valence-corrected chi connectivity index (χ2v) is 9.64. The molecule has 150 valence electrons. The lowest BCUT2D eigenvalue weighted by molar-refractivity contribution is 0.0730. The Kier molecular flexibility index (Phi) is 6.24. The van der Waals surface area contributed by atoms with Crippen molar-refractivity contribution in [2.45, 2.75) is 18.7 Å². The van der Waals surface area contributed by atoms with Crippen molar-refractivity contribution in [1.29, 1.82) is 0 Å². The van der Waals surface area contributed by atoms with Gasteiger partial charge in [-0.2, -0.15) is 4.31 Å². The lowest BCUT2D eigenvalue weighted by Crippen LogP contribution is -2.40. The highest BCUT2D eigenvalue weighted by Gasteiger charge is 2.28. The largest absolute Gasteiger partial charge is 0.379 e. The number of morpholine rings is 1. The van der Waals surface area contributed by atoms with Crippen molar-refractivity contribution in [1.82, 2.24) is 4.31 Å². The number of benzene rings is 2. The lowest BCUT2D eigenvalue weighted by Gasteiger charge is -2.26. The van der Waals surface area contributed by atoms with Crippen molar-refractivity contribution < 1.29 is 17.9 Å². The molecule has 0 spiro atoms. The first-order valence-corrected chi connectivity index (χ1v) is 11.2. The van der Waals surface area contributed by atoms with Crippen molar-refractivity contribution in [3.05, 3.63) is 57.6 Å². The van der Waals surface area contributed by atoms with Gasteiger partial charge in [0.1, 0.15) is 0 Å². The highest BCUT2D eigenvalue weighted by molar-refractivity contribution is 9.10. The number of hydrogen-bond donors (Lipinski definition) is 0. The second-order valence-electron chi connectivity index (χ2n) is 6.79. The molecule has 1 aliphatic heterocycles. The Morgan fingerprint density at radius 3 is 2.39 bits per heavy atom. The van der Waals surface area contributed by atoms with E-state index in [1.807, 2.05) is 25.1 Å². The molecule has 1 heterocycles. The number of carbonyl (C=O) groups is 1. The van der Waals surface area contributed by atoms with Gasteiger partial charge < -0.3 is 9.64 Å². The Morgan fingerprint density at radius 1 is 1.07 bits per heavy atom. The van der Waals surface area contributed by atoms with Gasteiger partial charge in [0.05, 0.1) is 18.1 Å². The van der Waals surface area contributed by atoms with Crippen LogP contribution in [-0.4, -0.2) is 52.0 Å². The maximum absolute atomic E-state index is 13.1. The summed E-state index contributed by atoms with van der Waals surface area (Å²) in [5.41, 5.74) is 2.82. The van der Waals surface area contributed by atoms with Crippen LogP contribution in [0.1, 0.15) is 21.5 Å². The molecule has 0 saturated carbocycles. The van der Waals surface area contributed by atoms with Crippen LogP contribution >= 0.6 is 15.9 Å². The molecule has 0 bridgehead atoms. The molecule has 1 aliphatic rings. The summed E-state index contributed by atoms with van der Waals surface area (Å²) in [6.07, 6.45) is 0. The number of aryl methyl sites for hydroxylation is 2. The molecule has 1 amide bonds. The summed E-state index contributed by atoms with van der Waals surface area (Å²) in [5.74, 6) is -0.248. The van der Waals surface area contributed by atoms with E-state index >= 15 is 0 Å². The third-order valence-corrected chi connectivity index (χ3v) is 7.26. The molecule has 0 aliphatic carbocycles. The van der Waals surface area contributed by atoms with Gasteiger partial charge >= 0.3 is 0 Å². The molecule has 28 heavy (non-hydrogen) atoms.